The number of nitrogens with one attached hydrogen (secondary N) is 2. The van der Waals surface area contributed by atoms with Gasteiger partial charge in [-0.15, -0.1) is 0 Å². The number of amides is 2. The Balaban J connectivity index is 1.81. The van der Waals surface area contributed by atoms with E-state index in [9.17, 15) is 9.59 Å². The van der Waals surface area contributed by atoms with Gasteiger partial charge in [-0.2, -0.15) is 5.10 Å². The number of rotatable bonds is 6. The number of likely N-dealkylation sites (tertiary alicyclic amines) is 1. The maximum absolute atomic E-state index is 12.9. The molecule has 1 aromatic heterocycles. The lowest BCUT2D eigenvalue weighted by Crippen LogP contribution is -2.52. The fraction of sp³-hybridized carbons (Fsp3) is 0.688. The van der Waals surface area contributed by atoms with Gasteiger partial charge in [0.25, 0.3) is 5.91 Å². The van der Waals surface area contributed by atoms with Crippen LogP contribution in [0.25, 0.3) is 0 Å². The van der Waals surface area contributed by atoms with Crippen LogP contribution >= 0.6 is 0 Å². The van der Waals surface area contributed by atoms with Gasteiger partial charge in [0, 0.05) is 32.3 Å². The standard InChI is InChI=1S/C16H24N4O3/c1-17-14(21)9-16(10-23-2)6-3-7-20(16)15(22)13-8-12(18-19-13)11-4-5-11/h8,11H,3-7,9-10H2,1-2H3,(H,17,21)(H,18,19)/t16-/m1/s1. The van der Waals surface area contributed by atoms with Crippen molar-refractivity contribution < 1.29 is 14.3 Å². The monoisotopic (exact) mass is 320 g/mol. The summed E-state index contributed by atoms with van der Waals surface area (Å²) in [5.41, 5.74) is 0.896. The second-order valence-corrected chi connectivity index (χ2v) is 6.55. The summed E-state index contributed by atoms with van der Waals surface area (Å²) >= 11 is 0. The molecule has 2 N–H and O–H groups in total. The van der Waals surface area contributed by atoms with Crippen molar-refractivity contribution in [2.24, 2.45) is 0 Å². The van der Waals surface area contributed by atoms with Gasteiger partial charge in [-0.3, -0.25) is 14.7 Å². The molecule has 2 fully saturated rings. The van der Waals surface area contributed by atoms with E-state index in [2.05, 4.69) is 15.5 Å². The second-order valence-electron chi connectivity index (χ2n) is 6.55. The molecule has 0 bridgehead atoms. The predicted octanol–water partition coefficient (Wildman–Crippen LogP) is 1.04. The summed E-state index contributed by atoms with van der Waals surface area (Å²) in [5, 5.41) is 9.81. The normalized spacial score (nSPS) is 24.0. The van der Waals surface area contributed by atoms with Crippen LogP contribution in [0.3, 0.4) is 0 Å². The number of aromatic nitrogens is 2. The zero-order valence-electron chi connectivity index (χ0n) is 13.7. The lowest BCUT2D eigenvalue weighted by atomic mass is 9.92. The summed E-state index contributed by atoms with van der Waals surface area (Å²) in [6, 6.07) is 1.86. The molecule has 1 atom stereocenters. The van der Waals surface area contributed by atoms with Crippen molar-refractivity contribution in [1.29, 1.82) is 0 Å². The average Bonchev–Trinajstić information content (AvgIpc) is 3.13. The Morgan fingerprint density at radius 2 is 2.30 bits per heavy atom. The molecule has 126 valence electrons. The number of hydrogen-bond acceptors (Lipinski definition) is 4. The van der Waals surface area contributed by atoms with Crippen LogP contribution in [0.2, 0.25) is 0 Å². The predicted molar refractivity (Wildman–Crippen MR) is 84.1 cm³/mol. The number of ether oxygens (including phenoxy) is 1. The summed E-state index contributed by atoms with van der Waals surface area (Å²) in [6.07, 6.45) is 4.20. The number of methoxy groups -OCH3 is 1. The van der Waals surface area contributed by atoms with E-state index in [-0.39, 0.29) is 18.2 Å². The molecule has 1 aliphatic heterocycles. The summed E-state index contributed by atoms with van der Waals surface area (Å²) in [4.78, 5) is 26.6. The molecule has 2 heterocycles. The van der Waals surface area contributed by atoms with E-state index in [1.165, 1.54) is 0 Å². The second kappa shape index (κ2) is 6.31. The summed E-state index contributed by atoms with van der Waals surface area (Å²) < 4.78 is 5.34. The van der Waals surface area contributed by atoms with Gasteiger partial charge in [0.1, 0.15) is 5.69 Å². The Bertz CT molecular complexity index is 596. The summed E-state index contributed by atoms with van der Waals surface area (Å²) in [6.45, 7) is 0.983. The summed E-state index contributed by atoms with van der Waals surface area (Å²) in [7, 11) is 3.21. The molecule has 3 rings (SSSR count). The molecular formula is C16H24N4O3. The Labute approximate surface area is 135 Å². The van der Waals surface area contributed by atoms with Crippen LogP contribution < -0.4 is 5.32 Å². The Morgan fingerprint density at radius 1 is 1.52 bits per heavy atom. The van der Waals surface area contributed by atoms with Crippen LogP contribution in [0.15, 0.2) is 6.07 Å². The smallest absolute Gasteiger partial charge is 0.274 e. The van der Waals surface area contributed by atoms with Crippen molar-refractivity contribution in [2.45, 2.75) is 43.6 Å². The SMILES string of the molecule is CNC(=O)C[C@@]1(COC)CCCN1C(=O)c1cc(C2CC2)[nH]n1. The third-order valence-electron chi connectivity index (χ3n) is 4.86. The molecule has 1 saturated carbocycles. The number of carbonyl (C=O) groups excluding carboxylic acids is 2. The highest BCUT2D eigenvalue weighted by atomic mass is 16.5. The van der Waals surface area contributed by atoms with Crippen LogP contribution in [-0.4, -0.2) is 59.8 Å². The van der Waals surface area contributed by atoms with Gasteiger partial charge in [-0.1, -0.05) is 0 Å². The minimum absolute atomic E-state index is 0.0811. The van der Waals surface area contributed by atoms with Gasteiger partial charge in [-0.05, 0) is 31.7 Å². The van der Waals surface area contributed by atoms with Crippen molar-refractivity contribution in [3.05, 3.63) is 17.5 Å². The average molecular weight is 320 g/mol. The summed E-state index contributed by atoms with van der Waals surface area (Å²) in [5.74, 6) is 0.325. The molecule has 0 spiro atoms. The third-order valence-corrected chi connectivity index (χ3v) is 4.86. The maximum atomic E-state index is 12.9. The van der Waals surface area contributed by atoms with Gasteiger partial charge < -0.3 is 15.0 Å². The van der Waals surface area contributed by atoms with E-state index in [1.807, 2.05) is 6.07 Å². The maximum Gasteiger partial charge on any atom is 0.274 e. The van der Waals surface area contributed by atoms with Gasteiger partial charge >= 0.3 is 0 Å². The number of carbonyl (C=O) groups is 2. The van der Waals surface area contributed by atoms with E-state index in [0.717, 1.165) is 31.4 Å². The Kier molecular flexibility index (Phi) is 4.39. The first-order valence-electron chi connectivity index (χ1n) is 8.16. The Hall–Kier alpha value is -1.89. The van der Waals surface area contributed by atoms with E-state index in [0.29, 0.717) is 24.8 Å². The number of aromatic amines is 1. The first kappa shape index (κ1) is 16.0. The van der Waals surface area contributed by atoms with Gasteiger partial charge in [-0.25, -0.2) is 0 Å². The molecule has 2 amide bonds. The molecule has 7 heteroatoms. The zero-order valence-corrected chi connectivity index (χ0v) is 13.7. The van der Waals surface area contributed by atoms with E-state index < -0.39 is 5.54 Å². The number of H-pyrrole nitrogens is 1. The van der Waals surface area contributed by atoms with Gasteiger partial charge in [0.2, 0.25) is 5.91 Å². The lowest BCUT2D eigenvalue weighted by Gasteiger charge is -2.37. The third kappa shape index (κ3) is 3.10. The van der Waals surface area contributed by atoms with Crippen LogP contribution in [-0.2, 0) is 9.53 Å². The lowest BCUT2D eigenvalue weighted by molar-refractivity contribution is -0.123. The van der Waals surface area contributed by atoms with Crippen LogP contribution in [0.5, 0.6) is 0 Å². The molecule has 7 nitrogen and oxygen atoms in total. The highest BCUT2D eigenvalue weighted by Crippen LogP contribution is 2.39. The Morgan fingerprint density at radius 3 is 2.96 bits per heavy atom. The van der Waals surface area contributed by atoms with Crippen molar-refractivity contribution in [3.8, 4) is 0 Å². The number of nitrogens with zero attached hydrogens (tertiary/aromatic N) is 2. The van der Waals surface area contributed by atoms with Gasteiger partial charge in [0.05, 0.1) is 18.6 Å². The fourth-order valence-corrected chi connectivity index (χ4v) is 3.48. The fourth-order valence-electron chi connectivity index (χ4n) is 3.48. The highest BCUT2D eigenvalue weighted by Gasteiger charge is 2.46. The van der Waals surface area contributed by atoms with Crippen LogP contribution in [0.4, 0.5) is 0 Å². The van der Waals surface area contributed by atoms with Crippen molar-refractivity contribution in [3.63, 3.8) is 0 Å². The van der Waals surface area contributed by atoms with Crippen molar-refractivity contribution in [2.75, 3.05) is 27.3 Å². The van der Waals surface area contributed by atoms with Crippen molar-refractivity contribution in [1.82, 2.24) is 20.4 Å². The first-order valence-corrected chi connectivity index (χ1v) is 8.16. The minimum Gasteiger partial charge on any atom is -0.382 e. The van der Waals surface area contributed by atoms with Crippen molar-refractivity contribution >= 4 is 11.8 Å². The van der Waals surface area contributed by atoms with Gasteiger partial charge in [0.15, 0.2) is 0 Å². The largest absolute Gasteiger partial charge is 0.382 e. The molecule has 1 aliphatic carbocycles. The molecule has 0 unspecified atom stereocenters. The number of hydrogen-bond donors (Lipinski definition) is 2. The molecule has 2 aliphatic rings. The minimum atomic E-state index is -0.579. The molecular weight excluding hydrogens is 296 g/mol. The molecule has 1 saturated heterocycles. The van der Waals surface area contributed by atoms with E-state index in [4.69, 9.17) is 4.74 Å². The van der Waals surface area contributed by atoms with E-state index >= 15 is 0 Å². The van der Waals surface area contributed by atoms with Crippen LogP contribution in [0, 0.1) is 0 Å². The van der Waals surface area contributed by atoms with Crippen LogP contribution in [0.1, 0.15) is 54.2 Å². The molecule has 0 radical (unpaired) electrons. The zero-order chi connectivity index (χ0) is 16.4. The highest BCUT2D eigenvalue weighted by molar-refractivity contribution is 5.93. The topological polar surface area (TPSA) is 87.3 Å². The first-order chi connectivity index (χ1) is 11.1. The molecule has 23 heavy (non-hydrogen) atoms. The molecule has 0 aromatic carbocycles. The van der Waals surface area contributed by atoms with E-state index in [1.54, 1.807) is 19.1 Å². The molecule has 1 aromatic rings. The quantitative estimate of drug-likeness (QED) is 0.820.